The maximum atomic E-state index is 12.9. The summed E-state index contributed by atoms with van der Waals surface area (Å²) in [6.07, 6.45) is 1.76. The highest BCUT2D eigenvalue weighted by molar-refractivity contribution is 14.1. The van der Waals surface area contributed by atoms with Gasteiger partial charge in [-0.05, 0) is 77.6 Å². The first-order chi connectivity index (χ1) is 12.9. The molecule has 1 amide bonds. The Morgan fingerprint density at radius 3 is 2.63 bits per heavy atom. The minimum atomic E-state index is -0.184. The van der Waals surface area contributed by atoms with E-state index in [1.54, 1.807) is 49.6 Å². The first-order valence-electron chi connectivity index (χ1n) is 8.02. The lowest BCUT2D eigenvalue weighted by Gasteiger charge is -2.14. The molecule has 1 heterocycles. The molecule has 140 valence electrons. The minimum absolute atomic E-state index is 0.0976. The molecule has 1 aliphatic heterocycles. The van der Waals surface area contributed by atoms with Crippen LogP contribution in [-0.2, 0) is 4.79 Å². The van der Waals surface area contributed by atoms with Gasteiger partial charge in [0.25, 0.3) is 5.91 Å². The number of carbonyl (C=O) groups is 1. The molecule has 0 unspecified atom stereocenters. The summed E-state index contributed by atoms with van der Waals surface area (Å²) in [6, 6.07) is 10.7. The van der Waals surface area contributed by atoms with Crippen molar-refractivity contribution in [3.8, 4) is 17.2 Å². The lowest BCUT2D eigenvalue weighted by Crippen LogP contribution is -2.27. The lowest BCUT2D eigenvalue weighted by atomic mass is 10.2. The number of amides is 1. The number of rotatable bonds is 5. The van der Waals surface area contributed by atoms with Crippen LogP contribution in [-0.4, -0.2) is 29.1 Å². The Morgan fingerprint density at radius 2 is 2.00 bits per heavy atom. The molecule has 0 aliphatic carbocycles. The summed E-state index contributed by atoms with van der Waals surface area (Å²) in [5, 5.41) is 10.1. The highest BCUT2D eigenvalue weighted by atomic mass is 127. The third kappa shape index (κ3) is 4.22. The first-order valence-corrected chi connectivity index (χ1v) is 10.3. The van der Waals surface area contributed by atoms with Crippen LogP contribution >= 0.6 is 46.6 Å². The van der Waals surface area contributed by atoms with Crippen LogP contribution in [0.3, 0.4) is 0 Å². The minimum Gasteiger partial charge on any atom is -0.504 e. The number of thioether (sulfide) groups is 1. The Labute approximate surface area is 180 Å². The molecule has 1 fully saturated rings. The van der Waals surface area contributed by atoms with Gasteiger partial charge in [0.15, 0.2) is 15.8 Å². The summed E-state index contributed by atoms with van der Waals surface area (Å²) < 4.78 is 11.7. The molecule has 1 aliphatic rings. The van der Waals surface area contributed by atoms with E-state index in [2.05, 4.69) is 0 Å². The highest BCUT2D eigenvalue weighted by Gasteiger charge is 2.33. The fraction of sp³-hybridized carbons (Fsp3) is 0.158. The zero-order valence-electron chi connectivity index (χ0n) is 14.6. The highest BCUT2D eigenvalue weighted by Crippen LogP contribution is 2.38. The molecule has 0 spiro atoms. The molecule has 3 rings (SSSR count). The average Bonchev–Trinajstić information content (AvgIpc) is 2.93. The monoisotopic (exact) mass is 513 g/mol. The summed E-state index contributed by atoms with van der Waals surface area (Å²) in [5.41, 5.74) is 1.45. The number of phenols is 1. The second-order valence-corrected chi connectivity index (χ2v) is 8.34. The van der Waals surface area contributed by atoms with E-state index < -0.39 is 0 Å². The molecule has 1 saturated heterocycles. The largest absolute Gasteiger partial charge is 0.504 e. The number of anilines is 1. The Hall–Kier alpha value is -1.78. The SMILES string of the molecule is CCOc1cc(/C=C2\SC(=S)N(c3ccc(OC)cc3)C2=O)cc(I)c1O. The van der Waals surface area contributed by atoms with E-state index in [0.717, 1.165) is 5.56 Å². The van der Waals surface area contributed by atoms with Crippen molar-refractivity contribution in [3.05, 3.63) is 50.4 Å². The van der Waals surface area contributed by atoms with E-state index in [1.165, 1.54) is 16.7 Å². The fourth-order valence-corrected chi connectivity index (χ4v) is 4.44. The quantitative estimate of drug-likeness (QED) is 0.352. The summed E-state index contributed by atoms with van der Waals surface area (Å²) >= 11 is 8.67. The number of thiocarbonyl (C=S) groups is 1. The number of nitrogens with zero attached hydrogens (tertiary/aromatic N) is 1. The van der Waals surface area contributed by atoms with Gasteiger partial charge in [-0.15, -0.1) is 0 Å². The van der Waals surface area contributed by atoms with Crippen molar-refractivity contribution in [1.82, 2.24) is 0 Å². The Balaban J connectivity index is 1.92. The van der Waals surface area contributed by atoms with Crippen LogP contribution in [0.15, 0.2) is 41.3 Å². The normalized spacial score (nSPS) is 15.5. The molecule has 5 nitrogen and oxygen atoms in total. The molecular weight excluding hydrogens is 497 g/mol. The standard InChI is InChI=1S/C19H16INO4S2/c1-3-25-15-9-11(8-14(20)17(15)22)10-16-18(23)21(19(26)27-16)12-4-6-13(24-2)7-5-12/h4-10,22H,3H2,1-2H3/b16-10-. The van der Waals surface area contributed by atoms with Gasteiger partial charge in [-0.25, -0.2) is 0 Å². The van der Waals surface area contributed by atoms with Gasteiger partial charge in [-0.3, -0.25) is 9.69 Å². The third-order valence-corrected chi connectivity index (χ3v) is 5.90. The van der Waals surface area contributed by atoms with E-state index in [9.17, 15) is 9.90 Å². The van der Waals surface area contributed by atoms with Gasteiger partial charge in [-0.1, -0.05) is 24.0 Å². The Morgan fingerprint density at radius 1 is 1.30 bits per heavy atom. The molecule has 27 heavy (non-hydrogen) atoms. The predicted octanol–water partition coefficient (Wildman–Crippen LogP) is 4.81. The van der Waals surface area contributed by atoms with Crippen molar-refractivity contribution in [2.75, 3.05) is 18.6 Å². The summed E-state index contributed by atoms with van der Waals surface area (Å²) in [6.45, 7) is 2.28. The van der Waals surface area contributed by atoms with Crippen molar-refractivity contribution >= 4 is 68.6 Å². The van der Waals surface area contributed by atoms with Crippen molar-refractivity contribution in [1.29, 1.82) is 0 Å². The van der Waals surface area contributed by atoms with Crippen LogP contribution in [0, 0.1) is 3.57 Å². The van der Waals surface area contributed by atoms with Crippen LogP contribution in [0.5, 0.6) is 17.2 Å². The van der Waals surface area contributed by atoms with Crippen molar-refractivity contribution in [3.63, 3.8) is 0 Å². The maximum Gasteiger partial charge on any atom is 0.270 e. The van der Waals surface area contributed by atoms with E-state index in [1.807, 2.05) is 29.5 Å². The fourth-order valence-electron chi connectivity index (χ4n) is 2.52. The maximum absolute atomic E-state index is 12.9. The number of methoxy groups -OCH3 is 1. The molecule has 2 aromatic carbocycles. The van der Waals surface area contributed by atoms with Gasteiger partial charge in [0.05, 0.1) is 27.9 Å². The Kier molecular flexibility index (Phi) is 6.28. The average molecular weight is 513 g/mol. The zero-order valence-corrected chi connectivity index (χ0v) is 18.4. The summed E-state index contributed by atoms with van der Waals surface area (Å²) in [5.74, 6) is 1.01. The van der Waals surface area contributed by atoms with E-state index in [-0.39, 0.29) is 11.7 Å². The number of halogens is 1. The molecular formula is C19H16INO4S2. The number of aromatic hydroxyl groups is 1. The molecule has 2 aromatic rings. The smallest absolute Gasteiger partial charge is 0.270 e. The van der Waals surface area contributed by atoms with Gasteiger partial charge in [0.2, 0.25) is 0 Å². The molecule has 8 heteroatoms. The lowest BCUT2D eigenvalue weighted by molar-refractivity contribution is -0.113. The molecule has 0 saturated carbocycles. The van der Waals surface area contributed by atoms with E-state index in [0.29, 0.717) is 36.6 Å². The second-order valence-electron chi connectivity index (χ2n) is 5.50. The summed E-state index contributed by atoms with van der Waals surface area (Å²) in [7, 11) is 1.59. The molecule has 0 bridgehead atoms. The molecule has 0 atom stereocenters. The number of hydrogen-bond donors (Lipinski definition) is 1. The topological polar surface area (TPSA) is 59.0 Å². The summed E-state index contributed by atoms with van der Waals surface area (Å²) in [4.78, 5) is 14.9. The van der Waals surface area contributed by atoms with Gasteiger partial charge >= 0.3 is 0 Å². The van der Waals surface area contributed by atoms with Crippen LogP contribution in [0.2, 0.25) is 0 Å². The third-order valence-electron chi connectivity index (χ3n) is 3.77. The number of ether oxygens (including phenoxy) is 2. The number of hydrogen-bond acceptors (Lipinski definition) is 6. The molecule has 0 aromatic heterocycles. The number of carbonyl (C=O) groups excluding carboxylic acids is 1. The molecule has 1 N–H and O–H groups in total. The van der Waals surface area contributed by atoms with Crippen LogP contribution in [0.1, 0.15) is 12.5 Å². The van der Waals surface area contributed by atoms with Crippen molar-refractivity contribution in [2.24, 2.45) is 0 Å². The van der Waals surface area contributed by atoms with Crippen LogP contribution in [0.25, 0.3) is 6.08 Å². The van der Waals surface area contributed by atoms with Gasteiger partial charge in [0.1, 0.15) is 5.75 Å². The van der Waals surface area contributed by atoms with Crippen molar-refractivity contribution < 1.29 is 19.4 Å². The van der Waals surface area contributed by atoms with Gasteiger partial charge < -0.3 is 14.6 Å². The predicted molar refractivity (Wildman–Crippen MR) is 121 cm³/mol. The van der Waals surface area contributed by atoms with Crippen LogP contribution < -0.4 is 14.4 Å². The zero-order chi connectivity index (χ0) is 19.6. The van der Waals surface area contributed by atoms with Crippen molar-refractivity contribution in [2.45, 2.75) is 6.92 Å². The first kappa shape index (κ1) is 20.0. The second kappa shape index (κ2) is 8.49. The number of phenolic OH excluding ortho intramolecular Hbond substituents is 1. The van der Waals surface area contributed by atoms with Gasteiger partial charge in [0, 0.05) is 0 Å². The number of benzene rings is 2. The van der Waals surface area contributed by atoms with Gasteiger partial charge in [-0.2, -0.15) is 0 Å². The van der Waals surface area contributed by atoms with Crippen LogP contribution in [0.4, 0.5) is 5.69 Å². The Bertz CT molecular complexity index is 928. The molecule has 0 radical (unpaired) electrons. The van der Waals surface area contributed by atoms with E-state index in [4.69, 9.17) is 21.7 Å². The van der Waals surface area contributed by atoms with E-state index >= 15 is 0 Å².